The van der Waals surface area contributed by atoms with E-state index >= 15 is 0 Å². The van der Waals surface area contributed by atoms with Crippen molar-refractivity contribution in [3.8, 4) is 11.5 Å². The van der Waals surface area contributed by atoms with Gasteiger partial charge in [0.25, 0.3) is 0 Å². The first kappa shape index (κ1) is 28.6. The highest BCUT2D eigenvalue weighted by molar-refractivity contribution is 8.13. The zero-order chi connectivity index (χ0) is 26.4. The summed E-state index contributed by atoms with van der Waals surface area (Å²) in [5.41, 5.74) is 0. The van der Waals surface area contributed by atoms with E-state index in [2.05, 4.69) is 0 Å². The van der Waals surface area contributed by atoms with Crippen molar-refractivity contribution in [2.24, 2.45) is 0 Å². The molecule has 0 aliphatic carbocycles. The summed E-state index contributed by atoms with van der Waals surface area (Å²) in [6.45, 7) is -0.104. The fourth-order valence-electron chi connectivity index (χ4n) is 2.42. The van der Waals surface area contributed by atoms with Crippen LogP contribution in [-0.2, 0) is 4.79 Å². The fraction of sp³-hybridized carbons (Fsp3) is 0.688. The van der Waals surface area contributed by atoms with Gasteiger partial charge in [-0.3, -0.25) is 4.79 Å². The lowest BCUT2D eigenvalue weighted by Gasteiger charge is -2.39. The van der Waals surface area contributed by atoms with Crippen LogP contribution in [0, 0.1) is 0 Å². The topological polar surface area (TPSA) is 35.5 Å². The summed E-state index contributed by atoms with van der Waals surface area (Å²) in [5, 5.41) is 1.77. The normalized spacial score (nSPS) is 18.2. The molecule has 1 aliphatic heterocycles. The molecule has 0 N–H and O–H groups in total. The summed E-state index contributed by atoms with van der Waals surface area (Å²) in [5.74, 6) is -36.9. The van der Waals surface area contributed by atoms with Gasteiger partial charge in [0, 0.05) is 29.4 Å². The first-order chi connectivity index (χ1) is 15.2. The maximum atomic E-state index is 13.7. The predicted octanol–water partition coefficient (Wildman–Crippen LogP) is 6.67. The van der Waals surface area contributed by atoms with E-state index < -0.39 is 59.8 Å². The Hall–Kier alpha value is -1.59. The number of alkyl halides is 13. The van der Waals surface area contributed by atoms with Gasteiger partial charge in [-0.05, 0) is 0 Å². The molecule has 0 radical (unpaired) electrons. The van der Waals surface area contributed by atoms with Crippen molar-refractivity contribution in [3.63, 3.8) is 0 Å². The molecular formula is C16H11F13O3S2. The van der Waals surface area contributed by atoms with Crippen molar-refractivity contribution in [1.29, 1.82) is 0 Å². The minimum atomic E-state index is -7.96. The van der Waals surface area contributed by atoms with Gasteiger partial charge < -0.3 is 9.47 Å². The maximum Gasteiger partial charge on any atom is 0.460 e. The lowest BCUT2D eigenvalue weighted by atomic mass is 9.92. The van der Waals surface area contributed by atoms with Crippen LogP contribution in [-0.4, -0.2) is 59.4 Å². The van der Waals surface area contributed by atoms with Gasteiger partial charge in [0.1, 0.15) is 12.7 Å². The van der Waals surface area contributed by atoms with Crippen LogP contribution in [0.25, 0.3) is 0 Å². The number of carbonyl (C=O) groups is 1. The second kappa shape index (κ2) is 9.13. The number of thioether (sulfide) groups is 1. The number of hydrogen-bond acceptors (Lipinski definition) is 5. The van der Waals surface area contributed by atoms with Crippen LogP contribution in [0.15, 0.2) is 10.8 Å². The minimum Gasteiger partial charge on any atom is -0.485 e. The molecule has 18 heteroatoms. The molecule has 1 aromatic heterocycles. The Morgan fingerprint density at radius 2 is 1.38 bits per heavy atom. The number of carbonyl (C=O) groups excluding carboxylic acids is 1. The SMILES string of the molecule is O=C(CCC(F)(F)C(F)(F)C(F)(F)C(F)(F)C(F)(F)C(F)(F)F)SCC1COc2cscc2O1. The number of thiophene rings is 1. The number of ether oxygens (including phenoxy) is 2. The lowest BCUT2D eigenvalue weighted by Crippen LogP contribution is -2.70. The highest BCUT2D eigenvalue weighted by Crippen LogP contribution is 2.60. The molecule has 0 fully saturated rings. The molecule has 0 saturated heterocycles. The van der Waals surface area contributed by atoms with Gasteiger partial charge >= 0.3 is 35.8 Å². The predicted molar refractivity (Wildman–Crippen MR) is 91.7 cm³/mol. The first-order valence-electron chi connectivity index (χ1n) is 8.66. The van der Waals surface area contributed by atoms with Crippen LogP contribution in [0.1, 0.15) is 12.8 Å². The van der Waals surface area contributed by atoms with Gasteiger partial charge in [0.2, 0.25) is 0 Å². The summed E-state index contributed by atoms with van der Waals surface area (Å²) >= 11 is 1.41. The van der Waals surface area contributed by atoms with Gasteiger partial charge in [-0.25, -0.2) is 0 Å². The van der Waals surface area contributed by atoms with Gasteiger partial charge in [0.15, 0.2) is 16.6 Å². The van der Waals surface area contributed by atoms with Crippen molar-refractivity contribution in [3.05, 3.63) is 10.8 Å². The van der Waals surface area contributed by atoms with E-state index in [9.17, 15) is 61.9 Å². The first-order valence-corrected chi connectivity index (χ1v) is 10.6. The minimum absolute atomic E-state index is 0.104. The fourth-order valence-corrected chi connectivity index (χ4v) is 3.87. The van der Waals surface area contributed by atoms with Crippen molar-refractivity contribution >= 4 is 28.2 Å². The molecule has 196 valence electrons. The molecule has 0 aromatic carbocycles. The monoisotopic (exact) mass is 562 g/mol. The Morgan fingerprint density at radius 3 is 1.94 bits per heavy atom. The standard InChI is InChI=1S/C16H11F13O3S2/c17-11(18,12(19,20)13(21,22)14(23,24)15(25,26)16(27,28)29)2-1-10(30)34-4-7-3-31-8-5-33-6-9(8)32-7/h5-7H,1-4H2. The summed E-state index contributed by atoms with van der Waals surface area (Å²) in [4.78, 5) is 11.7. The number of fused-ring (bicyclic) bond motifs is 1. The summed E-state index contributed by atoms with van der Waals surface area (Å²) in [6.07, 6.45) is -12.5. The zero-order valence-corrected chi connectivity index (χ0v) is 17.6. The second-order valence-electron chi connectivity index (χ2n) is 6.83. The maximum absolute atomic E-state index is 13.7. The molecule has 2 heterocycles. The van der Waals surface area contributed by atoms with E-state index in [-0.39, 0.29) is 24.1 Å². The molecule has 0 spiro atoms. The van der Waals surface area contributed by atoms with Crippen LogP contribution in [0.2, 0.25) is 0 Å². The molecule has 0 saturated carbocycles. The van der Waals surface area contributed by atoms with E-state index in [4.69, 9.17) is 9.47 Å². The Balaban J connectivity index is 2.04. The number of rotatable bonds is 9. The van der Waals surface area contributed by atoms with Crippen LogP contribution in [0.4, 0.5) is 57.1 Å². The Kier molecular flexibility index (Phi) is 7.69. The lowest BCUT2D eigenvalue weighted by molar-refractivity contribution is -0.440. The van der Waals surface area contributed by atoms with Crippen LogP contribution < -0.4 is 9.47 Å². The largest absolute Gasteiger partial charge is 0.485 e. The molecule has 34 heavy (non-hydrogen) atoms. The van der Waals surface area contributed by atoms with Gasteiger partial charge in [0.05, 0.1) is 0 Å². The van der Waals surface area contributed by atoms with Crippen LogP contribution in [0.3, 0.4) is 0 Å². The van der Waals surface area contributed by atoms with Crippen molar-refractivity contribution < 1.29 is 71.3 Å². The van der Waals surface area contributed by atoms with E-state index in [1.165, 1.54) is 16.7 Å². The molecule has 1 aromatic rings. The number of halogens is 13. The van der Waals surface area contributed by atoms with Crippen molar-refractivity contribution in [1.82, 2.24) is 0 Å². The molecule has 2 rings (SSSR count). The van der Waals surface area contributed by atoms with Crippen molar-refractivity contribution in [2.45, 2.75) is 54.7 Å². The van der Waals surface area contributed by atoms with Gasteiger partial charge in [-0.1, -0.05) is 11.8 Å². The average Bonchev–Trinajstić information content (AvgIpc) is 3.17. The van der Waals surface area contributed by atoms with Crippen LogP contribution in [0.5, 0.6) is 11.5 Å². The third-order valence-electron chi connectivity index (χ3n) is 4.38. The highest BCUT2D eigenvalue weighted by Gasteiger charge is 2.90. The summed E-state index contributed by atoms with van der Waals surface area (Å²) in [6, 6.07) is 0. The third-order valence-corrected chi connectivity index (χ3v) is 6.15. The molecule has 3 nitrogen and oxygen atoms in total. The Labute approximate surface area is 189 Å². The van der Waals surface area contributed by atoms with Crippen molar-refractivity contribution in [2.75, 3.05) is 12.4 Å². The molecule has 1 atom stereocenters. The Bertz CT molecular complexity index is 882. The zero-order valence-electron chi connectivity index (χ0n) is 16.0. The number of hydrogen-bond donors (Lipinski definition) is 0. The molecule has 1 aliphatic rings. The van der Waals surface area contributed by atoms with E-state index in [1.54, 1.807) is 5.38 Å². The van der Waals surface area contributed by atoms with Gasteiger partial charge in [-0.15, -0.1) is 11.3 Å². The molecule has 0 bridgehead atoms. The van der Waals surface area contributed by atoms with E-state index in [0.717, 1.165) is 0 Å². The summed E-state index contributed by atoms with van der Waals surface area (Å²) in [7, 11) is 0. The highest BCUT2D eigenvalue weighted by atomic mass is 32.2. The average molecular weight is 562 g/mol. The van der Waals surface area contributed by atoms with E-state index in [0.29, 0.717) is 11.5 Å². The smallest absolute Gasteiger partial charge is 0.460 e. The van der Waals surface area contributed by atoms with Gasteiger partial charge in [-0.2, -0.15) is 57.1 Å². The molecule has 0 amide bonds. The third kappa shape index (κ3) is 4.88. The summed E-state index contributed by atoms with van der Waals surface area (Å²) < 4.78 is 180. The second-order valence-corrected chi connectivity index (χ2v) is 8.65. The molecule has 1 unspecified atom stereocenters. The van der Waals surface area contributed by atoms with E-state index in [1.807, 2.05) is 0 Å². The Morgan fingerprint density at radius 1 is 0.853 bits per heavy atom. The van der Waals surface area contributed by atoms with Crippen LogP contribution >= 0.6 is 23.1 Å². The quantitative estimate of drug-likeness (QED) is 0.315. The molecular weight excluding hydrogens is 551 g/mol.